The molecule has 0 atom stereocenters. The minimum atomic E-state index is -0.496. The first-order valence-electron chi connectivity index (χ1n) is 10.8. The fourth-order valence-corrected chi connectivity index (χ4v) is 3.75. The Morgan fingerprint density at radius 1 is 1.06 bits per heavy atom. The number of hydrogen-bond donors (Lipinski definition) is 1. The van der Waals surface area contributed by atoms with Crippen molar-refractivity contribution in [3.05, 3.63) is 59.4 Å². The lowest BCUT2D eigenvalue weighted by Crippen LogP contribution is -2.42. The van der Waals surface area contributed by atoms with Crippen LogP contribution in [0.15, 0.2) is 42.6 Å². The molecule has 0 bridgehead atoms. The van der Waals surface area contributed by atoms with Crippen molar-refractivity contribution >= 4 is 12.0 Å². The van der Waals surface area contributed by atoms with Crippen molar-refractivity contribution in [1.82, 2.24) is 14.8 Å². The van der Waals surface area contributed by atoms with Gasteiger partial charge < -0.3 is 24.3 Å². The van der Waals surface area contributed by atoms with Gasteiger partial charge in [0.25, 0.3) is 5.91 Å². The average Bonchev–Trinajstić information content (AvgIpc) is 3.22. The third kappa shape index (κ3) is 6.34. The van der Waals surface area contributed by atoms with Gasteiger partial charge in [-0.3, -0.25) is 4.79 Å². The van der Waals surface area contributed by atoms with Gasteiger partial charge >= 0.3 is 6.09 Å². The molecule has 1 fully saturated rings. The van der Waals surface area contributed by atoms with Gasteiger partial charge in [-0.1, -0.05) is 24.3 Å². The molecule has 0 spiro atoms. The maximum Gasteiger partial charge on any atom is 0.410 e. The number of nitrogens with zero attached hydrogens (tertiary/aromatic N) is 2. The number of piperidine rings is 1. The summed E-state index contributed by atoms with van der Waals surface area (Å²) < 4.78 is 12.6. The zero-order valence-electron chi connectivity index (χ0n) is 18.9. The molecule has 7 heteroatoms. The summed E-state index contributed by atoms with van der Waals surface area (Å²) in [6.07, 6.45) is 3.25. The summed E-state index contributed by atoms with van der Waals surface area (Å²) in [5.41, 5.74) is 2.29. The largest absolute Gasteiger partial charge is 0.444 e. The Morgan fingerprint density at radius 3 is 2.32 bits per heavy atom. The van der Waals surface area contributed by atoms with Crippen LogP contribution in [0, 0.1) is 0 Å². The van der Waals surface area contributed by atoms with E-state index in [1.807, 2.05) is 67.9 Å². The van der Waals surface area contributed by atoms with E-state index >= 15 is 0 Å². The number of hydrogen-bond acceptors (Lipinski definition) is 4. The van der Waals surface area contributed by atoms with Crippen LogP contribution in [0.2, 0.25) is 0 Å². The van der Waals surface area contributed by atoms with Crippen LogP contribution in [0.4, 0.5) is 4.79 Å². The summed E-state index contributed by atoms with van der Waals surface area (Å²) in [5.74, 6) is -0.0967. The second-order valence-corrected chi connectivity index (χ2v) is 8.93. The first-order valence-corrected chi connectivity index (χ1v) is 10.8. The molecule has 2 heterocycles. The fourth-order valence-electron chi connectivity index (χ4n) is 3.75. The van der Waals surface area contributed by atoms with Crippen LogP contribution in [0.3, 0.4) is 0 Å². The van der Waals surface area contributed by atoms with Crippen molar-refractivity contribution in [1.29, 1.82) is 0 Å². The molecule has 168 valence electrons. The molecule has 1 aromatic carbocycles. The van der Waals surface area contributed by atoms with Crippen LogP contribution < -0.4 is 5.32 Å². The Hall–Kier alpha value is -2.80. The zero-order chi connectivity index (χ0) is 22.4. The van der Waals surface area contributed by atoms with Crippen molar-refractivity contribution < 1.29 is 19.1 Å². The van der Waals surface area contributed by atoms with E-state index in [1.165, 1.54) is 0 Å². The van der Waals surface area contributed by atoms with Gasteiger partial charge in [0, 0.05) is 39.0 Å². The quantitative estimate of drug-likeness (QED) is 0.752. The Bertz CT molecular complexity index is 875. The average molecular weight is 428 g/mol. The molecule has 2 amide bonds. The molecule has 1 aliphatic heterocycles. The van der Waals surface area contributed by atoms with Gasteiger partial charge in [-0.05, 0) is 56.9 Å². The molecule has 7 nitrogen and oxygen atoms in total. The fraction of sp³-hybridized carbons (Fsp3) is 0.500. The molecule has 0 saturated carbocycles. The van der Waals surface area contributed by atoms with E-state index in [4.69, 9.17) is 9.47 Å². The predicted molar refractivity (Wildman–Crippen MR) is 119 cm³/mol. The van der Waals surface area contributed by atoms with Gasteiger partial charge in [-0.2, -0.15) is 0 Å². The van der Waals surface area contributed by atoms with Crippen LogP contribution >= 0.6 is 0 Å². The highest BCUT2D eigenvalue weighted by Crippen LogP contribution is 2.25. The number of carbonyl (C=O) groups excluding carboxylic acids is 2. The number of likely N-dealkylation sites (tertiary alicyclic amines) is 1. The highest BCUT2D eigenvalue weighted by Gasteiger charge is 2.28. The van der Waals surface area contributed by atoms with E-state index in [1.54, 1.807) is 12.0 Å². The second-order valence-electron chi connectivity index (χ2n) is 8.93. The van der Waals surface area contributed by atoms with Crippen LogP contribution in [0.5, 0.6) is 0 Å². The number of methoxy groups -OCH3 is 1. The molecule has 1 N–H and O–H groups in total. The first kappa shape index (κ1) is 22.9. The molecular weight excluding hydrogens is 394 g/mol. The minimum Gasteiger partial charge on any atom is -0.444 e. The molecular formula is C24H33N3O4. The van der Waals surface area contributed by atoms with E-state index in [9.17, 15) is 9.59 Å². The SMILES string of the molecule is COCc1ccc(CNC(=O)c2cccn2C2CCN(C(=O)OC(C)(C)C)CC2)cc1. The van der Waals surface area contributed by atoms with Crippen molar-refractivity contribution in [2.75, 3.05) is 20.2 Å². The lowest BCUT2D eigenvalue weighted by atomic mass is 10.0. The van der Waals surface area contributed by atoms with Crippen molar-refractivity contribution in [3.63, 3.8) is 0 Å². The topological polar surface area (TPSA) is 72.8 Å². The Labute approximate surface area is 184 Å². The summed E-state index contributed by atoms with van der Waals surface area (Å²) in [4.78, 5) is 26.8. The normalized spacial score (nSPS) is 15.0. The van der Waals surface area contributed by atoms with Gasteiger partial charge in [0.05, 0.1) is 6.61 Å². The zero-order valence-corrected chi connectivity index (χ0v) is 18.9. The van der Waals surface area contributed by atoms with Gasteiger partial charge in [-0.15, -0.1) is 0 Å². The van der Waals surface area contributed by atoms with E-state index in [-0.39, 0.29) is 18.0 Å². The third-order valence-corrected chi connectivity index (χ3v) is 5.31. The molecule has 0 radical (unpaired) electrons. The van der Waals surface area contributed by atoms with Gasteiger partial charge in [-0.25, -0.2) is 4.79 Å². The minimum absolute atomic E-state index is 0.0967. The number of amides is 2. The number of rotatable bonds is 6. The molecule has 1 aromatic heterocycles. The van der Waals surface area contributed by atoms with Gasteiger partial charge in [0.1, 0.15) is 11.3 Å². The number of benzene rings is 1. The van der Waals surface area contributed by atoms with Crippen molar-refractivity contribution in [2.24, 2.45) is 0 Å². The summed E-state index contributed by atoms with van der Waals surface area (Å²) in [6.45, 7) is 7.89. The Kier molecular flexibility index (Phi) is 7.38. The predicted octanol–water partition coefficient (Wildman–Crippen LogP) is 4.14. The second kappa shape index (κ2) is 10.0. The summed E-state index contributed by atoms with van der Waals surface area (Å²) >= 11 is 0. The highest BCUT2D eigenvalue weighted by atomic mass is 16.6. The Balaban J connectivity index is 1.54. The molecule has 3 rings (SSSR count). The third-order valence-electron chi connectivity index (χ3n) is 5.31. The number of carbonyl (C=O) groups is 2. The van der Waals surface area contributed by atoms with Crippen LogP contribution in [-0.4, -0.2) is 47.3 Å². The van der Waals surface area contributed by atoms with Crippen LogP contribution in [0.1, 0.15) is 61.3 Å². The maximum absolute atomic E-state index is 12.8. The molecule has 2 aromatic rings. The number of ether oxygens (including phenoxy) is 2. The smallest absolute Gasteiger partial charge is 0.410 e. The summed E-state index contributed by atoms with van der Waals surface area (Å²) in [6, 6.07) is 11.9. The molecule has 1 aliphatic rings. The van der Waals surface area contributed by atoms with E-state index in [0.717, 1.165) is 24.0 Å². The summed E-state index contributed by atoms with van der Waals surface area (Å²) in [7, 11) is 1.67. The first-order chi connectivity index (χ1) is 14.8. The van der Waals surface area contributed by atoms with Crippen LogP contribution in [0.25, 0.3) is 0 Å². The molecule has 1 saturated heterocycles. The van der Waals surface area contributed by atoms with Gasteiger partial charge in [0.15, 0.2) is 0 Å². The van der Waals surface area contributed by atoms with Gasteiger partial charge in [0.2, 0.25) is 0 Å². The van der Waals surface area contributed by atoms with Crippen LogP contribution in [-0.2, 0) is 22.6 Å². The van der Waals surface area contributed by atoms with E-state index < -0.39 is 5.60 Å². The lowest BCUT2D eigenvalue weighted by molar-refractivity contribution is 0.0187. The lowest BCUT2D eigenvalue weighted by Gasteiger charge is -2.34. The van der Waals surface area contributed by atoms with Crippen molar-refractivity contribution in [3.8, 4) is 0 Å². The summed E-state index contributed by atoms with van der Waals surface area (Å²) in [5, 5.41) is 3.01. The van der Waals surface area contributed by atoms with Crippen molar-refractivity contribution in [2.45, 2.75) is 58.4 Å². The monoisotopic (exact) mass is 427 g/mol. The number of aromatic nitrogens is 1. The molecule has 31 heavy (non-hydrogen) atoms. The number of nitrogens with one attached hydrogen (secondary N) is 1. The van der Waals surface area contributed by atoms with E-state index in [0.29, 0.717) is 31.9 Å². The molecule has 0 aliphatic carbocycles. The standard InChI is InChI=1S/C24H33N3O4/c1-24(2,3)31-23(29)26-14-11-20(12-15-26)27-13-5-6-21(27)22(28)25-16-18-7-9-19(10-8-18)17-30-4/h5-10,13,20H,11-12,14-17H2,1-4H3,(H,25,28). The highest BCUT2D eigenvalue weighted by molar-refractivity contribution is 5.92. The Morgan fingerprint density at radius 2 is 1.71 bits per heavy atom. The van der Waals surface area contributed by atoms with E-state index in [2.05, 4.69) is 5.32 Å². The maximum atomic E-state index is 12.8. The molecule has 0 unspecified atom stereocenters.